The predicted molar refractivity (Wildman–Crippen MR) is 66.1 cm³/mol. The average Bonchev–Trinajstić information content (AvgIpc) is 2.25. The van der Waals surface area contributed by atoms with Gasteiger partial charge in [-0.1, -0.05) is 20.8 Å². The van der Waals surface area contributed by atoms with Crippen LogP contribution >= 0.6 is 0 Å². The van der Waals surface area contributed by atoms with E-state index in [0.29, 0.717) is 0 Å². The third-order valence-corrected chi connectivity index (χ3v) is 1.86. The second kappa shape index (κ2) is 5.01. The second-order valence-electron chi connectivity index (χ2n) is 4.54. The van der Waals surface area contributed by atoms with Gasteiger partial charge < -0.3 is 9.47 Å². The van der Waals surface area contributed by atoms with E-state index in [1.807, 2.05) is 39.0 Å². The number of benzene rings is 1. The third kappa shape index (κ3) is 3.93. The number of nitrogens with zero attached hydrogens (tertiary/aromatic N) is 1. The molecule has 0 bridgehead atoms. The molecule has 1 aromatic carbocycles. The lowest BCUT2D eigenvalue weighted by molar-refractivity contribution is 0.394. The zero-order valence-corrected chi connectivity index (χ0v) is 10.5. The second-order valence-corrected chi connectivity index (χ2v) is 4.54. The van der Waals surface area contributed by atoms with Crippen LogP contribution in [0.2, 0.25) is 0 Å². The summed E-state index contributed by atoms with van der Waals surface area (Å²) in [6.45, 7) is 6.15. The first-order valence-electron chi connectivity index (χ1n) is 5.15. The first kappa shape index (κ1) is 12.6. The SMILES string of the molecule is COc1cc(N=[C]C(C)(C)C)cc(OC)c1. The quantitative estimate of drug-likeness (QED) is 0.731. The van der Waals surface area contributed by atoms with Crippen molar-refractivity contribution in [2.45, 2.75) is 20.8 Å². The standard InChI is InChI=1S/C13H18NO2/c1-13(2,3)9-14-10-6-11(15-4)8-12(7-10)16-5/h6-8H,1-5H3. The molecular weight excluding hydrogens is 202 g/mol. The van der Waals surface area contributed by atoms with E-state index >= 15 is 0 Å². The smallest absolute Gasteiger partial charge is 0.124 e. The largest absolute Gasteiger partial charge is 0.497 e. The van der Waals surface area contributed by atoms with Crippen molar-refractivity contribution >= 4 is 11.9 Å². The normalized spacial score (nSPS) is 11.8. The Morgan fingerprint density at radius 3 is 1.88 bits per heavy atom. The number of ether oxygens (including phenoxy) is 2. The number of methoxy groups -OCH3 is 2. The number of rotatable bonds is 3. The van der Waals surface area contributed by atoms with E-state index < -0.39 is 0 Å². The van der Waals surface area contributed by atoms with Crippen LogP contribution in [0.5, 0.6) is 11.5 Å². The molecule has 16 heavy (non-hydrogen) atoms. The summed E-state index contributed by atoms with van der Waals surface area (Å²) < 4.78 is 10.3. The van der Waals surface area contributed by atoms with Crippen molar-refractivity contribution in [3.8, 4) is 11.5 Å². The van der Waals surface area contributed by atoms with Gasteiger partial charge in [0.1, 0.15) is 11.5 Å². The van der Waals surface area contributed by atoms with Gasteiger partial charge in [-0.3, -0.25) is 4.99 Å². The lowest BCUT2D eigenvalue weighted by Crippen LogP contribution is -2.05. The molecule has 1 radical (unpaired) electrons. The average molecular weight is 220 g/mol. The van der Waals surface area contributed by atoms with Crippen molar-refractivity contribution in [3.05, 3.63) is 18.2 Å². The minimum Gasteiger partial charge on any atom is -0.497 e. The van der Waals surface area contributed by atoms with Gasteiger partial charge in [-0.25, -0.2) is 0 Å². The molecule has 0 amide bonds. The molecule has 0 aliphatic heterocycles. The molecule has 0 fully saturated rings. The number of aliphatic imine (C=N–C) groups is 1. The van der Waals surface area contributed by atoms with Gasteiger partial charge >= 0.3 is 0 Å². The molecule has 0 aromatic heterocycles. The minimum absolute atomic E-state index is 0.0592. The fraction of sp³-hybridized carbons (Fsp3) is 0.462. The molecule has 0 unspecified atom stereocenters. The van der Waals surface area contributed by atoms with Crippen LogP contribution in [0.3, 0.4) is 0 Å². The van der Waals surface area contributed by atoms with Gasteiger partial charge in [-0.2, -0.15) is 0 Å². The van der Waals surface area contributed by atoms with Crippen LogP contribution in [0.4, 0.5) is 5.69 Å². The van der Waals surface area contributed by atoms with Gasteiger partial charge in [0, 0.05) is 23.6 Å². The Morgan fingerprint density at radius 2 is 1.50 bits per heavy atom. The topological polar surface area (TPSA) is 30.8 Å². The fourth-order valence-electron chi connectivity index (χ4n) is 1.09. The summed E-state index contributed by atoms with van der Waals surface area (Å²) in [5.41, 5.74) is 0.724. The summed E-state index contributed by atoms with van der Waals surface area (Å²) in [6.07, 6.45) is 3.05. The summed E-state index contributed by atoms with van der Waals surface area (Å²) in [7, 11) is 3.24. The van der Waals surface area contributed by atoms with E-state index in [4.69, 9.17) is 9.47 Å². The van der Waals surface area contributed by atoms with Gasteiger partial charge in [0.25, 0.3) is 0 Å². The van der Waals surface area contributed by atoms with E-state index in [1.54, 1.807) is 14.2 Å². The lowest BCUT2D eigenvalue weighted by Gasteiger charge is -2.09. The third-order valence-electron chi connectivity index (χ3n) is 1.86. The highest BCUT2D eigenvalue weighted by atomic mass is 16.5. The monoisotopic (exact) mass is 220 g/mol. The van der Waals surface area contributed by atoms with E-state index in [-0.39, 0.29) is 5.41 Å². The zero-order chi connectivity index (χ0) is 12.2. The number of hydrogen-bond acceptors (Lipinski definition) is 3. The van der Waals surface area contributed by atoms with Crippen molar-refractivity contribution in [1.29, 1.82) is 0 Å². The molecule has 0 spiro atoms. The molecule has 1 rings (SSSR count). The molecule has 0 aliphatic carbocycles. The Bertz CT molecular complexity index is 356. The van der Waals surface area contributed by atoms with Crippen molar-refractivity contribution in [3.63, 3.8) is 0 Å². The Balaban J connectivity index is 3.00. The molecular formula is C13H18NO2. The van der Waals surface area contributed by atoms with Crippen LogP contribution in [-0.4, -0.2) is 20.4 Å². The zero-order valence-electron chi connectivity index (χ0n) is 10.5. The maximum atomic E-state index is 5.16. The van der Waals surface area contributed by atoms with E-state index in [1.165, 1.54) is 0 Å². The van der Waals surface area contributed by atoms with Gasteiger partial charge in [-0.05, 0) is 0 Å². The predicted octanol–water partition coefficient (Wildman–Crippen LogP) is 3.33. The highest BCUT2D eigenvalue weighted by Crippen LogP contribution is 2.28. The molecule has 3 heteroatoms. The van der Waals surface area contributed by atoms with Gasteiger partial charge in [-0.15, -0.1) is 0 Å². The van der Waals surface area contributed by atoms with Crippen LogP contribution in [0.15, 0.2) is 23.2 Å². The maximum Gasteiger partial charge on any atom is 0.124 e. The van der Waals surface area contributed by atoms with Crippen molar-refractivity contribution < 1.29 is 9.47 Å². The van der Waals surface area contributed by atoms with E-state index in [9.17, 15) is 0 Å². The van der Waals surface area contributed by atoms with Crippen LogP contribution in [-0.2, 0) is 0 Å². The van der Waals surface area contributed by atoms with E-state index in [2.05, 4.69) is 11.2 Å². The highest BCUT2D eigenvalue weighted by molar-refractivity contribution is 5.69. The fourth-order valence-corrected chi connectivity index (χ4v) is 1.09. The lowest BCUT2D eigenvalue weighted by atomic mass is 9.99. The first-order chi connectivity index (χ1) is 7.44. The van der Waals surface area contributed by atoms with Crippen molar-refractivity contribution in [2.24, 2.45) is 10.4 Å². The van der Waals surface area contributed by atoms with Crippen LogP contribution in [0.25, 0.3) is 0 Å². The Hall–Kier alpha value is -1.51. The Kier molecular flexibility index (Phi) is 3.93. The summed E-state index contributed by atoms with van der Waals surface area (Å²) in [5.74, 6) is 1.46. The Morgan fingerprint density at radius 1 is 1.00 bits per heavy atom. The minimum atomic E-state index is -0.0592. The van der Waals surface area contributed by atoms with Crippen LogP contribution < -0.4 is 9.47 Å². The van der Waals surface area contributed by atoms with Crippen molar-refractivity contribution in [2.75, 3.05) is 14.2 Å². The summed E-state index contributed by atoms with van der Waals surface area (Å²) in [5, 5.41) is 0. The molecule has 0 N–H and O–H groups in total. The molecule has 0 saturated heterocycles. The molecule has 0 saturated carbocycles. The van der Waals surface area contributed by atoms with Crippen LogP contribution in [0, 0.1) is 5.41 Å². The van der Waals surface area contributed by atoms with Gasteiger partial charge in [0.05, 0.1) is 26.1 Å². The van der Waals surface area contributed by atoms with Gasteiger partial charge in [0.2, 0.25) is 0 Å². The van der Waals surface area contributed by atoms with E-state index in [0.717, 1.165) is 17.2 Å². The first-order valence-corrected chi connectivity index (χ1v) is 5.15. The molecule has 0 atom stereocenters. The summed E-state index contributed by atoms with van der Waals surface area (Å²) in [6, 6.07) is 5.51. The molecule has 0 aliphatic rings. The molecule has 3 nitrogen and oxygen atoms in total. The van der Waals surface area contributed by atoms with Crippen molar-refractivity contribution in [1.82, 2.24) is 0 Å². The maximum absolute atomic E-state index is 5.16. The van der Waals surface area contributed by atoms with Crippen LogP contribution in [0.1, 0.15) is 20.8 Å². The molecule has 1 aromatic rings. The Labute approximate surface area is 97.1 Å². The summed E-state index contributed by atoms with van der Waals surface area (Å²) >= 11 is 0. The number of hydrogen-bond donors (Lipinski definition) is 0. The highest BCUT2D eigenvalue weighted by Gasteiger charge is 2.07. The summed E-state index contributed by atoms with van der Waals surface area (Å²) in [4.78, 5) is 4.28. The molecule has 0 heterocycles. The molecule has 87 valence electrons. The van der Waals surface area contributed by atoms with Gasteiger partial charge in [0.15, 0.2) is 0 Å².